The molecule has 0 radical (unpaired) electrons. The van der Waals surface area contributed by atoms with Crippen LogP contribution in [0, 0.1) is 0 Å². The van der Waals surface area contributed by atoms with E-state index >= 15 is 0 Å². The highest BCUT2D eigenvalue weighted by molar-refractivity contribution is 5.99. The lowest BCUT2D eigenvalue weighted by Crippen LogP contribution is -2.26. The minimum Gasteiger partial charge on any atom is -0.473 e. The Morgan fingerprint density at radius 2 is 1.22 bits per heavy atom. The van der Waals surface area contributed by atoms with E-state index in [-0.39, 0.29) is 54.8 Å². The van der Waals surface area contributed by atoms with Gasteiger partial charge in [0.1, 0.15) is 29.2 Å². The molecule has 0 bridgehead atoms. The summed E-state index contributed by atoms with van der Waals surface area (Å²) >= 11 is 0. The van der Waals surface area contributed by atoms with E-state index in [1.807, 2.05) is 48.5 Å². The van der Waals surface area contributed by atoms with Gasteiger partial charge in [0.05, 0.1) is 0 Å². The van der Waals surface area contributed by atoms with Crippen LogP contribution in [0.4, 0.5) is 60.9 Å². The molecule has 2 aliphatic carbocycles. The second kappa shape index (κ2) is 15.8. The highest BCUT2D eigenvalue weighted by Crippen LogP contribution is 2.46. The standard InChI is InChI=1S/C46H36F6N8O4/c47-45(48,49)35-21-54-44(64-31-16-25-7-3-4-8-26(25)17-31)59-41(35)55-29-13-27-9-12-38(61)58-40(27)34(19-29)32-20-39(62)57-37-11-10-28(18-33(32)37)56-43-53-22-36(46(50,51)52)42(60-43)63-30-14-23-5-1-2-6-24(23)15-30/h1-8,10-11,13,18-19,21-22,30-32H,9,12,14-17,20H2,(H,57,62)(H,58,61)(H,53,56,60)(H,54,55,59). The topological polar surface area (TPSA) is 152 Å². The minimum absolute atomic E-state index is 0.112. The van der Waals surface area contributed by atoms with E-state index in [1.165, 1.54) is 0 Å². The molecule has 0 saturated carbocycles. The number of hydrogen-bond donors (Lipinski definition) is 4. The van der Waals surface area contributed by atoms with Gasteiger partial charge < -0.3 is 30.7 Å². The van der Waals surface area contributed by atoms with Gasteiger partial charge in [-0.15, -0.1) is 0 Å². The Morgan fingerprint density at radius 1 is 0.594 bits per heavy atom. The third-order valence-electron chi connectivity index (χ3n) is 11.8. The smallest absolute Gasteiger partial charge is 0.423 e. The molecule has 0 fully saturated rings. The van der Waals surface area contributed by atoms with Crippen LogP contribution in [0.3, 0.4) is 0 Å². The van der Waals surface area contributed by atoms with Crippen molar-refractivity contribution in [2.75, 3.05) is 21.3 Å². The van der Waals surface area contributed by atoms with E-state index in [0.717, 1.165) is 22.3 Å². The van der Waals surface area contributed by atoms with E-state index in [4.69, 9.17) is 9.47 Å². The normalized spacial score (nSPS) is 17.1. The Balaban J connectivity index is 0.969. The van der Waals surface area contributed by atoms with E-state index in [0.29, 0.717) is 71.8 Å². The number of aryl methyl sites for hydroxylation is 1. The first-order chi connectivity index (χ1) is 30.7. The van der Waals surface area contributed by atoms with Crippen molar-refractivity contribution in [3.63, 3.8) is 0 Å². The maximum atomic E-state index is 14.5. The Morgan fingerprint density at radius 3 is 1.88 bits per heavy atom. The van der Waals surface area contributed by atoms with Crippen molar-refractivity contribution in [3.05, 3.63) is 141 Å². The molecule has 4 N–H and O–H groups in total. The number of fused-ring (bicyclic) bond motifs is 4. The second-order valence-electron chi connectivity index (χ2n) is 16.2. The fourth-order valence-corrected chi connectivity index (χ4v) is 8.90. The van der Waals surface area contributed by atoms with Crippen LogP contribution in [0.2, 0.25) is 0 Å². The van der Waals surface area contributed by atoms with E-state index < -0.39 is 47.2 Å². The van der Waals surface area contributed by atoms with Gasteiger partial charge in [0, 0.05) is 79.6 Å². The van der Waals surface area contributed by atoms with Gasteiger partial charge in [0.25, 0.3) is 0 Å². The maximum absolute atomic E-state index is 14.5. The summed E-state index contributed by atoms with van der Waals surface area (Å²) in [6.45, 7) is 0. The Hall–Kier alpha value is -7.24. The molecule has 0 spiro atoms. The fourth-order valence-electron chi connectivity index (χ4n) is 8.90. The molecular formula is C46H36F6N8O4. The van der Waals surface area contributed by atoms with Gasteiger partial charge in [-0.25, -0.2) is 9.97 Å². The Labute approximate surface area is 360 Å². The van der Waals surface area contributed by atoms with Gasteiger partial charge >= 0.3 is 18.4 Å². The number of rotatable bonds is 9. The molecule has 326 valence electrons. The van der Waals surface area contributed by atoms with Crippen molar-refractivity contribution in [2.45, 2.75) is 75.4 Å². The number of anilines is 6. The van der Waals surface area contributed by atoms with Crippen LogP contribution in [-0.4, -0.2) is 44.0 Å². The van der Waals surface area contributed by atoms with Crippen molar-refractivity contribution in [1.82, 2.24) is 19.9 Å². The van der Waals surface area contributed by atoms with Crippen molar-refractivity contribution >= 4 is 46.3 Å². The molecule has 0 saturated heterocycles. The Bertz CT molecular complexity index is 2800. The minimum atomic E-state index is -4.84. The van der Waals surface area contributed by atoms with Gasteiger partial charge in [-0.3, -0.25) is 9.59 Å². The molecule has 4 aliphatic rings. The predicted molar refractivity (Wildman–Crippen MR) is 222 cm³/mol. The lowest BCUT2D eigenvalue weighted by atomic mass is 9.81. The van der Waals surface area contributed by atoms with Gasteiger partial charge in [-0.05, 0) is 75.7 Å². The second-order valence-corrected chi connectivity index (χ2v) is 16.2. The molecule has 1 unspecified atom stereocenters. The first kappa shape index (κ1) is 40.8. The summed E-state index contributed by atoms with van der Waals surface area (Å²) in [5.74, 6) is -2.76. The zero-order valence-electron chi connectivity index (χ0n) is 33.5. The summed E-state index contributed by atoms with van der Waals surface area (Å²) in [5, 5.41) is 11.6. The van der Waals surface area contributed by atoms with Crippen LogP contribution < -0.4 is 30.7 Å². The van der Waals surface area contributed by atoms with Crippen LogP contribution in [-0.2, 0) is 54.0 Å². The molecule has 18 heteroatoms. The highest BCUT2D eigenvalue weighted by atomic mass is 19.4. The summed E-state index contributed by atoms with van der Waals surface area (Å²) in [6.07, 6.45) is -7.11. The lowest BCUT2D eigenvalue weighted by Gasteiger charge is -2.31. The molecule has 64 heavy (non-hydrogen) atoms. The van der Waals surface area contributed by atoms with E-state index in [2.05, 4.69) is 41.2 Å². The number of carbonyl (C=O) groups excluding carboxylic acids is 2. The molecule has 4 heterocycles. The average molecular weight is 879 g/mol. The molecule has 2 aromatic heterocycles. The Kier molecular flexibility index (Phi) is 10.1. The van der Waals surface area contributed by atoms with Crippen LogP contribution in [0.5, 0.6) is 11.9 Å². The molecule has 4 aromatic carbocycles. The summed E-state index contributed by atoms with van der Waals surface area (Å²) in [6, 6.07) is 23.1. The van der Waals surface area contributed by atoms with Gasteiger partial charge in [0.15, 0.2) is 0 Å². The number of amides is 2. The molecule has 2 aliphatic heterocycles. The van der Waals surface area contributed by atoms with Crippen molar-refractivity contribution in [3.8, 4) is 11.9 Å². The van der Waals surface area contributed by atoms with E-state index in [1.54, 1.807) is 30.3 Å². The zero-order chi connectivity index (χ0) is 44.3. The predicted octanol–water partition coefficient (Wildman–Crippen LogP) is 9.24. The monoisotopic (exact) mass is 878 g/mol. The summed E-state index contributed by atoms with van der Waals surface area (Å²) < 4.78 is 97.8. The summed E-state index contributed by atoms with van der Waals surface area (Å²) in [7, 11) is 0. The molecule has 2 amide bonds. The van der Waals surface area contributed by atoms with Gasteiger partial charge in [0.2, 0.25) is 23.6 Å². The SMILES string of the molecule is O=C1CC(c2cc(Nc3nc(OC4Cc5ccccc5C4)ncc3C(F)(F)F)cc3c2NC(=O)CC3)c2cc(Nc3ncc(C(F)(F)F)c(OC4Cc5ccccc5C4)n3)ccc2N1. The number of alkyl halides is 6. The molecule has 6 aromatic rings. The van der Waals surface area contributed by atoms with Crippen molar-refractivity contribution in [1.29, 1.82) is 0 Å². The molecule has 12 nitrogen and oxygen atoms in total. The van der Waals surface area contributed by atoms with Crippen molar-refractivity contribution in [2.24, 2.45) is 0 Å². The molecule has 10 rings (SSSR count). The lowest BCUT2D eigenvalue weighted by molar-refractivity contribution is -0.140. The summed E-state index contributed by atoms with van der Waals surface area (Å²) in [4.78, 5) is 42.3. The number of aromatic nitrogens is 4. The highest BCUT2D eigenvalue weighted by Gasteiger charge is 2.39. The number of carbonyl (C=O) groups is 2. The number of benzene rings is 4. The van der Waals surface area contributed by atoms with E-state index in [9.17, 15) is 35.9 Å². The summed E-state index contributed by atoms with van der Waals surface area (Å²) in [5.41, 5.74) is 4.81. The first-order valence-corrected chi connectivity index (χ1v) is 20.5. The number of halogens is 6. The number of nitrogens with zero attached hydrogens (tertiary/aromatic N) is 4. The zero-order valence-corrected chi connectivity index (χ0v) is 33.5. The fraction of sp³-hybridized carbons (Fsp3) is 0.261. The maximum Gasteiger partial charge on any atom is 0.423 e. The number of nitrogens with one attached hydrogen (secondary N) is 4. The quantitative estimate of drug-likeness (QED) is 0.104. The number of hydrogen-bond acceptors (Lipinski definition) is 10. The van der Waals surface area contributed by atoms with Crippen LogP contribution >= 0.6 is 0 Å². The first-order valence-electron chi connectivity index (χ1n) is 20.5. The van der Waals surface area contributed by atoms with Crippen LogP contribution in [0.15, 0.2) is 91.3 Å². The van der Waals surface area contributed by atoms with Crippen LogP contribution in [0.25, 0.3) is 0 Å². The third kappa shape index (κ3) is 8.22. The van der Waals surface area contributed by atoms with Gasteiger partial charge in [-0.2, -0.15) is 36.3 Å². The van der Waals surface area contributed by atoms with Crippen molar-refractivity contribution < 1.29 is 45.4 Å². The van der Waals surface area contributed by atoms with Gasteiger partial charge in [-0.1, -0.05) is 48.5 Å². The average Bonchev–Trinajstić information content (AvgIpc) is 3.86. The largest absolute Gasteiger partial charge is 0.473 e. The molecular weight excluding hydrogens is 843 g/mol. The third-order valence-corrected chi connectivity index (χ3v) is 11.8. The van der Waals surface area contributed by atoms with Crippen LogP contribution in [0.1, 0.15) is 68.8 Å². The molecule has 1 atom stereocenters. The number of ether oxygens (including phenoxy) is 2.